The van der Waals surface area contributed by atoms with Crippen LogP contribution in [0.15, 0.2) is 12.1 Å². The van der Waals surface area contributed by atoms with Gasteiger partial charge in [-0.1, -0.05) is 19.3 Å². The molecule has 1 aromatic carbocycles. The molecule has 4 nitrogen and oxygen atoms in total. The lowest BCUT2D eigenvalue weighted by Gasteiger charge is -2.23. The zero-order chi connectivity index (χ0) is 13.8. The number of hydrogen-bond acceptors (Lipinski definition) is 3. The lowest BCUT2D eigenvalue weighted by molar-refractivity contribution is 0.0997. The second-order valence-corrected chi connectivity index (χ2v) is 5.38. The van der Waals surface area contributed by atoms with Crippen LogP contribution in [0, 0.1) is 12.8 Å². The highest BCUT2D eigenvalue weighted by Crippen LogP contribution is 2.30. The van der Waals surface area contributed by atoms with Crippen LogP contribution in [-0.4, -0.2) is 17.6 Å². The molecule has 0 bridgehead atoms. The molecule has 0 heterocycles. The summed E-state index contributed by atoms with van der Waals surface area (Å²) in [7, 11) is 0. The maximum Gasteiger partial charge on any atom is 0.252 e. The molecule has 4 heteroatoms. The lowest BCUT2D eigenvalue weighted by Crippen LogP contribution is -2.18. The molecule has 0 spiro atoms. The van der Waals surface area contributed by atoms with Gasteiger partial charge in [-0.3, -0.25) is 4.79 Å². The van der Waals surface area contributed by atoms with Gasteiger partial charge in [0.15, 0.2) is 0 Å². The number of hydrogen-bond donors (Lipinski definition) is 3. The van der Waals surface area contributed by atoms with E-state index in [1.807, 2.05) is 6.07 Å². The molecule has 1 aliphatic rings. The zero-order valence-corrected chi connectivity index (χ0v) is 11.4. The third-order valence-corrected chi connectivity index (χ3v) is 4.00. The van der Waals surface area contributed by atoms with Gasteiger partial charge in [0, 0.05) is 17.8 Å². The maximum absolute atomic E-state index is 11.1. The fourth-order valence-electron chi connectivity index (χ4n) is 2.74. The number of carbonyl (C=O) groups is 1. The standard InChI is InChI=1S/C15H22N2O2/c1-10-13(8-7-12(14(10)18)15(16)19)17-9-11-5-3-2-4-6-11/h7-8,11,17-18H,2-6,9H2,1H3,(H2,16,19). The third kappa shape index (κ3) is 3.19. The topological polar surface area (TPSA) is 75.3 Å². The number of carbonyl (C=O) groups excluding carboxylic acids is 1. The molecule has 19 heavy (non-hydrogen) atoms. The van der Waals surface area contributed by atoms with Crippen molar-refractivity contribution in [1.29, 1.82) is 0 Å². The third-order valence-electron chi connectivity index (χ3n) is 4.00. The Kier molecular flexibility index (Phi) is 4.30. The first-order chi connectivity index (χ1) is 9.09. The van der Waals surface area contributed by atoms with Gasteiger partial charge in [0.2, 0.25) is 0 Å². The van der Waals surface area contributed by atoms with Gasteiger partial charge in [-0.15, -0.1) is 0 Å². The molecule has 0 atom stereocenters. The van der Waals surface area contributed by atoms with Crippen molar-refractivity contribution >= 4 is 11.6 Å². The van der Waals surface area contributed by atoms with Crippen molar-refractivity contribution in [3.63, 3.8) is 0 Å². The number of amides is 1. The summed E-state index contributed by atoms with van der Waals surface area (Å²) in [6.07, 6.45) is 6.53. The van der Waals surface area contributed by atoms with Gasteiger partial charge in [-0.25, -0.2) is 0 Å². The number of rotatable bonds is 4. The molecular formula is C15H22N2O2. The largest absolute Gasteiger partial charge is 0.507 e. The van der Waals surface area contributed by atoms with E-state index in [-0.39, 0.29) is 11.3 Å². The Hall–Kier alpha value is -1.71. The monoisotopic (exact) mass is 262 g/mol. The molecule has 1 aliphatic carbocycles. The van der Waals surface area contributed by atoms with E-state index >= 15 is 0 Å². The molecule has 1 aromatic rings. The van der Waals surface area contributed by atoms with Gasteiger partial charge in [0.05, 0.1) is 5.56 Å². The molecule has 0 aromatic heterocycles. The van der Waals surface area contributed by atoms with Crippen LogP contribution in [-0.2, 0) is 0 Å². The molecule has 0 aliphatic heterocycles. The number of anilines is 1. The van der Waals surface area contributed by atoms with E-state index in [2.05, 4.69) is 5.32 Å². The van der Waals surface area contributed by atoms with Crippen molar-refractivity contribution < 1.29 is 9.90 Å². The van der Waals surface area contributed by atoms with E-state index in [1.165, 1.54) is 32.1 Å². The highest BCUT2D eigenvalue weighted by atomic mass is 16.3. The van der Waals surface area contributed by atoms with Gasteiger partial charge in [-0.2, -0.15) is 0 Å². The first-order valence-electron chi connectivity index (χ1n) is 6.96. The first kappa shape index (κ1) is 13.7. The van der Waals surface area contributed by atoms with Crippen molar-refractivity contribution in [1.82, 2.24) is 0 Å². The van der Waals surface area contributed by atoms with Gasteiger partial charge in [0.25, 0.3) is 5.91 Å². The Balaban J connectivity index is 2.04. The summed E-state index contributed by atoms with van der Waals surface area (Å²) in [5.41, 5.74) is 6.96. The van der Waals surface area contributed by atoms with Gasteiger partial charge in [-0.05, 0) is 37.8 Å². The Morgan fingerprint density at radius 2 is 2.05 bits per heavy atom. The molecule has 104 valence electrons. The van der Waals surface area contributed by atoms with Gasteiger partial charge < -0.3 is 16.2 Å². The van der Waals surface area contributed by atoms with Crippen molar-refractivity contribution in [2.45, 2.75) is 39.0 Å². The summed E-state index contributed by atoms with van der Waals surface area (Å²) in [5.74, 6) is 0.103. The summed E-state index contributed by atoms with van der Waals surface area (Å²) in [4.78, 5) is 11.1. The van der Waals surface area contributed by atoms with Crippen LogP contribution in [0.5, 0.6) is 5.75 Å². The summed E-state index contributed by atoms with van der Waals surface area (Å²) in [6, 6.07) is 3.39. The van der Waals surface area contributed by atoms with Crippen LogP contribution >= 0.6 is 0 Å². The summed E-state index contributed by atoms with van der Waals surface area (Å²) in [5, 5.41) is 13.3. The molecular weight excluding hydrogens is 240 g/mol. The number of nitrogens with one attached hydrogen (secondary N) is 1. The van der Waals surface area contributed by atoms with Crippen LogP contribution in [0.4, 0.5) is 5.69 Å². The number of benzene rings is 1. The Bertz CT molecular complexity index is 465. The van der Waals surface area contributed by atoms with Crippen molar-refractivity contribution in [3.8, 4) is 5.75 Å². The van der Waals surface area contributed by atoms with E-state index < -0.39 is 5.91 Å². The van der Waals surface area contributed by atoms with Crippen LogP contribution in [0.2, 0.25) is 0 Å². The highest BCUT2D eigenvalue weighted by Gasteiger charge is 2.15. The number of aromatic hydroxyl groups is 1. The van der Waals surface area contributed by atoms with E-state index in [4.69, 9.17) is 5.73 Å². The van der Waals surface area contributed by atoms with Gasteiger partial charge >= 0.3 is 0 Å². The Morgan fingerprint density at radius 3 is 2.68 bits per heavy atom. The normalized spacial score (nSPS) is 16.3. The maximum atomic E-state index is 11.1. The Morgan fingerprint density at radius 1 is 1.37 bits per heavy atom. The minimum atomic E-state index is -0.598. The fraction of sp³-hybridized carbons (Fsp3) is 0.533. The van der Waals surface area contributed by atoms with E-state index in [0.29, 0.717) is 11.5 Å². The molecule has 0 unspecified atom stereocenters. The van der Waals surface area contributed by atoms with Crippen molar-refractivity contribution in [2.24, 2.45) is 11.7 Å². The summed E-state index contributed by atoms with van der Waals surface area (Å²) in [6.45, 7) is 2.72. The molecule has 1 saturated carbocycles. The second-order valence-electron chi connectivity index (χ2n) is 5.38. The van der Waals surface area contributed by atoms with E-state index in [9.17, 15) is 9.90 Å². The van der Waals surface area contributed by atoms with Gasteiger partial charge in [0.1, 0.15) is 5.75 Å². The molecule has 0 radical (unpaired) electrons. The quantitative estimate of drug-likeness (QED) is 0.781. The van der Waals surface area contributed by atoms with Crippen molar-refractivity contribution in [2.75, 3.05) is 11.9 Å². The SMILES string of the molecule is Cc1c(NCC2CCCCC2)ccc(C(N)=O)c1O. The van der Waals surface area contributed by atoms with Crippen LogP contribution in [0.1, 0.15) is 48.0 Å². The number of phenols is 1. The minimum absolute atomic E-state index is 0.0128. The fourth-order valence-corrected chi connectivity index (χ4v) is 2.74. The smallest absolute Gasteiger partial charge is 0.252 e. The molecule has 0 saturated heterocycles. The molecule has 1 amide bonds. The first-order valence-corrected chi connectivity index (χ1v) is 6.96. The van der Waals surface area contributed by atoms with Crippen LogP contribution in [0.3, 0.4) is 0 Å². The molecule has 1 fully saturated rings. The summed E-state index contributed by atoms with van der Waals surface area (Å²) >= 11 is 0. The molecule has 4 N–H and O–H groups in total. The summed E-state index contributed by atoms with van der Waals surface area (Å²) < 4.78 is 0. The average molecular weight is 262 g/mol. The highest BCUT2D eigenvalue weighted by molar-refractivity contribution is 5.96. The second kappa shape index (κ2) is 5.95. The average Bonchev–Trinajstić information content (AvgIpc) is 2.41. The van der Waals surface area contributed by atoms with Crippen LogP contribution < -0.4 is 11.1 Å². The number of primary amides is 1. The molecule has 2 rings (SSSR count). The van der Waals surface area contributed by atoms with Crippen molar-refractivity contribution in [3.05, 3.63) is 23.3 Å². The van der Waals surface area contributed by atoms with E-state index in [1.54, 1.807) is 13.0 Å². The van der Waals surface area contributed by atoms with Crippen LogP contribution in [0.25, 0.3) is 0 Å². The predicted octanol–water partition coefficient (Wildman–Crippen LogP) is 2.79. The predicted molar refractivity (Wildman–Crippen MR) is 76.4 cm³/mol. The minimum Gasteiger partial charge on any atom is -0.507 e. The lowest BCUT2D eigenvalue weighted by atomic mass is 9.89. The van der Waals surface area contributed by atoms with E-state index in [0.717, 1.165) is 12.2 Å². The number of nitrogens with two attached hydrogens (primary N) is 1. The Labute approximate surface area is 114 Å². The zero-order valence-electron chi connectivity index (χ0n) is 11.4.